The highest BCUT2D eigenvalue weighted by Crippen LogP contribution is 2.67. The lowest BCUT2D eigenvalue weighted by atomic mass is 10.0. The van der Waals surface area contributed by atoms with Crippen molar-refractivity contribution in [1.29, 1.82) is 0 Å². The zero-order valence-electron chi connectivity index (χ0n) is 11.5. The molecule has 4 nitrogen and oxygen atoms in total. The quantitative estimate of drug-likeness (QED) is 0.829. The molecule has 2 amide bonds. The second-order valence-corrected chi connectivity index (χ2v) is 6.85. The number of hydrogen-bond acceptors (Lipinski definition) is 2. The molecule has 5 atom stereocenters. The lowest BCUT2D eigenvalue weighted by Crippen LogP contribution is -2.59. The number of piperazine rings is 1. The molecular weight excluding hydrogens is 240 g/mol. The molecular formula is C15H22N2O2. The van der Waals surface area contributed by atoms with E-state index in [0.717, 1.165) is 36.5 Å². The highest BCUT2D eigenvalue weighted by atomic mass is 16.2. The maximum Gasteiger partial charge on any atom is 0.245 e. The van der Waals surface area contributed by atoms with Gasteiger partial charge in [0.1, 0.15) is 6.04 Å². The van der Waals surface area contributed by atoms with Gasteiger partial charge in [-0.15, -0.1) is 0 Å². The Morgan fingerprint density at radius 3 is 2.53 bits per heavy atom. The van der Waals surface area contributed by atoms with Crippen LogP contribution in [0.2, 0.25) is 0 Å². The van der Waals surface area contributed by atoms with Gasteiger partial charge in [-0.3, -0.25) is 9.59 Å². The van der Waals surface area contributed by atoms with Crippen LogP contribution in [0.25, 0.3) is 0 Å². The van der Waals surface area contributed by atoms with E-state index in [9.17, 15) is 9.59 Å². The van der Waals surface area contributed by atoms with Gasteiger partial charge in [0, 0.05) is 6.04 Å². The summed E-state index contributed by atoms with van der Waals surface area (Å²) in [7, 11) is 0. The second kappa shape index (κ2) is 3.97. The summed E-state index contributed by atoms with van der Waals surface area (Å²) in [6, 6.07) is 0.148. The number of nitrogens with zero attached hydrogens (tertiary/aromatic N) is 1. The monoisotopic (exact) mass is 262 g/mol. The zero-order chi connectivity index (χ0) is 13.1. The van der Waals surface area contributed by atoms with E-state index in [-0.39, 0.29) is 17.9 Å². The van der Waals surface area contributed by atoms with Crippen LogP contribution in [0, 0.1) is 23.7 Å². The van der Waals surface area contributed by atoms with Crippen molar-refractivity contribution in [3.63, 3.8) is 0 Å². The Labute approximate surface area is 113 Å². The Hall–Kier alpha value is -1.06. The predicted molar refractivity (Wildman–Crippen MR) is 70.2 cm³/mol. The van der Waals surface area contributed by atoms with Crippen LogP contribution in [0.3, 0.4) is 0 Å². The summed E-state index contributed by atoms with van der Waals surface area (Å²) in [6.07, 6.45) is 5.81. The number of amides is 2. The van der Waals surface area contributed by atoms with Crippen molar-refractivity contribution < 1.29 is 9.59 Å². The van der Waals surface area contributed by atoms with Crippen LogP contribution in [0.5, 0.6) is 0 Å². The Morgan fingerprint density at radius 1 is 1.21 bits per heavy atom. The van der Waals surface area contributed by atoms with Crippen molar-refractivity contribution in [3.8, 4) is 0 Å². The maximum atomic E-state index is 12.5. The van der Waals surface area contributed by atoms with E-state index >= 15 is 0 Å². The first kappa shape index (κ1) is 11.7. The van der Waals surface area contributed by atoms with Crippen molar-refractivity contribution in [3.05, 3.63) is 0 Å². The third-order valence-corrected chi connectivity index (χ3v) is 5.86. The van der Waals surface area contributed by atoms with Crippen molar-refractivity contribution in [2.75, 3.05) is 6.54 Å². The smallest absolute Gasteiger partial charge is 0.245 e. The molecule has 3 saturated carbocycles. The normalized spacial score (nSPS) is 47.3. The first-order chi connectivity index (χ1) is 9.20. The van der Waals surface area contributed by atoms with Gasteiger partial charge >= 0.3 is 0 Å². The summed E-state index contributed by atoms with van der Waals surface area (Å²) in [5.74, 6) is 3.38. The standard InChI is InChI=1S/C15H22N2O2/c1-2-3-10-15(19)17(7-11(18)16-10)14-12-8-4-5-9(6-8)13(12)14/h8-10,12-14H,2-7H2,1H3,(H,16,18). The molecule has 19 heavy (non-hydrogen) atoms. The number of carbonyl (C=O) groups excluding carboxylic acids is 2. The molecule has 3 aliphatic carbocycles. The largest absolute Gasteiger partial charge is 0.343 e. The molecule has 0 spiro atoms. The first-order valence-electron chi connectivity index (χ1n) is 7.80. The van der Waals surface area contributed by atoms with Crippen LogP contribution in [-0.2, 0) is 9.59 Å². The lowest BCUT2D eigenvalue weighted by Gasteiger charge is -2.34. The zero-order valence-corrected chi connectivity index (χ0v) is 11.5. The summed E-state index contributed by atoms with van der Waals surface area (Å²) in [6.45, 7) is 2.36. The Bertz CT molecular complexity index is 420. The average molecular weight is 262 g/mol. The first-order valence-corrected chi connectivity index (χ1v) is 7.80. The van der Waals surface area contributed by atoms with Gasteiger partial charge in [-0.05, 0) is 49.4 Å². The minimum Gasteiger partial charge on any atom is -0.343 e. The molecule has 2 bridgehead atoms. The van der Waals surface area contributed by atoms with E-state index in [2.05, 4.69) is 12.2 Å². The van der Waals surface area contributed by atoms with Crippen LogP contribution in [-0.4, -0.2) is 35.3 Å². The summed E-state index contributed by atoms with van der Waals surface area (Å²) >= 11 is 0. The van der Waals surface area contributed by atoms with Gasteiger partial charge < -0.3 is 10.2 Å². The molecule has 0 aromatic heterocycles. The molecule has 1 saturated heterocycles. The third kappa shape index (κ3) is 1.58. The molecule has 0 aromatic rings. The number of fused-ring (bicyclic) bond motifs is 5. The summed E-state index contributed by atoms with van der Waals surface area (Å²) < 4.78 is 0. The molecule has 1 heterocycles. The summed E-state index contributed by atoms with van der Waals surface area (Å²) in [4.78, 5) is 26.3. The van der Waals surface area contributed by atoms with Crippen LogP contribution < -0.4 is 5.32 Å². The maximum absolute atomic E-state index is 12.5. The van der Waals surface area contributed by atoms with E-state index in [1.54, 1.807) is 0 Å². The molecule has 4 fully saturated rings. The van der Waals surface area contributed by atoms with E-state index in [1.807, 2.05) is 4.90 Å². The van der Waals surface area contributed by atoms with Gasteiger partial charge in [-0.1, -0.05) is 13.3 Å². The van der Waals surface area contributed by atoms with E-state index in [4.69, 9.17) is 0 Å². The topological polar surface area (TPSA) is 49.4 Å². The number of nitrogens with one attached hydrogen (secondary N) is 1. The van der Waals surface area contributed by atoms with Gasteiger partial charge in [0.2, 0.25) is 11.8 Å². The number of hydrogen-bond donors (Lipinski definition) is 1. The molecule has 1 N–H and O–H groups in total. The molecule has 0 radical (unpaired) electrons. The number of rotatable bonds is 3. The van der Waals surface area contributed by atoms with E-state index < -0.39 is 0 Å². The molecule has 4 heteroatoms. The molecule has 4 aliphatic rings. The average Bonchev–Trinajstić information content (AvgIpc) is 2.81. The van der Waals surface area contributed by atoms with E-state index in [1.165, 1.54) is 19.3 Å². The minimum absolute atomic E-state index is 0.0374. The molecule has 4 rings (SSSR count). The van der Waals surface area contributed by atoms with Gasteiger partial charge in [-0.25, -0.2) is 0 Å². The minimum atomic E-state index is -0.259. The van der Waals surface area contributed by atoms with Gasteiger partial charge in [0.05, 0.1) is 6.54 Å². The number of carbonyl (C=O) groups is 2. The fourth-order valence-corrected chi connectivity index (χ4v) is 5.17. The second-order valence-electron chi connectivity index (χ2n) is 6.85. The van der Waals surface area contributed by atoms with Crippen LogP contribution in [0.4, 0.5) is 0 Å². The highest BCUT2D eigenvalue weighted by molar-refractivity contribution is 5.95. The third-order valence-electron chi connectivity index (χ3n) is 5.86. The van der Waals surface area contributed by atoms with Crippen LogP contribution in [0.15, 0.2) is 0 Å². The highest BCUT2D eigenvalue weighted by Gasteiger charge is 2.68. The molecule has 5 unspecified atom stereocenters. The Kier molecular flexibility index (Phi) is 2.45. The van der Waals surface area contributed by atoms with Crippen molar-refractivity contribution in [2.24, 2.45) is 23.7 Å². The summed E-state index contributed by atoms with van der Waals surface area (Å²) in [5, 5.41) is 2.85. The van der Waals surface area contributed by atoms with Crippen molar-refractivity contribution in [2.45, 2.75) is 51.1 Å². The Balaban J connectivity index is 1.52. The van der Waals surface area contributed by atoms with Gasteiger partial charge in [0.15, 0.2) is 0 Å². The van der Waals surface area contributed by atoms with Crippen molar-refractivity contribution >= 4 is 11.8 Å². The SMILES string of the molecule is CCCC1NC(=O)CN(C2C3C4CCC(C4)C32)C1=O. The fourth-order valence-electron chi connectivity index (χ4n) is 5.17. The van der Waals surface area contributed by atoms with Crippen LogP contribution >= 0.6 is 0 Å². The molecule has 104 valence electrons. The Morgan fingerprint density at radius 2 is 1.89 bits per heavy atom. The molecule has 1 aliphatic heterocycles. The van der Waals surface area contributed by atoms with E-state index in [0.29, 0.717) is 12.6 Å². The lowest BCUT2D eigenvalue weighted by molar-refractivity contribution is -0.145. The van der Waals surface area contributed by atoms with Crippen molar-refractivity contribution in [1.82, 2.24) is 10.2 Å². The van der Waals surface area contributed by atoms with Gasteiger partial charge in [-0.2, -0.15) is 0 Å². The summed E-state index contributed by atoms with van der Waals surface area (Å²) in [5.41, 5.74) is 0. The predicted octanol–water partition coefficient (Wildman–Crippen LogP) is 1.16. The molecule has 0 aromatic carbocycles. The van der Waals surface area contributed by atoms with Gasteiger partial charge in [0.25, 0.3) is 0 Å². The van der Waals surface area contributed by atoms with Crippen LogP contribution in [0.1, 0.15) is 39.0 Å². The fraction of sp³-hybridized carbons (Fsp3) is 0.867.